The molecule has 4 aromatic rings. The summed E-state index contributed by atoms with van der Waals surface area (Å²) in [6.07, 6.45) is 1.13. The molecule has 0 saturated heterocycles. The third-order valence-electron chi connectivity index (χ3n) is 6.32. The van der Waals surface area contributed by atoms with E-state index in [0.29, 0.717) is 27.6 Å². The highest BCUT2D eigenvalue weighted by Crippen LogP contribution is 2.25. The highest BCUT2D eigenvalue weighted by Gasteiger charge is 2.15. The van der Waals surface area contributed by atoms with Crippen molar-refractivity contribution in [2.75, 3.05) is 18.5 Å². The number of benzene rings is 3. The van der Waals surface area contributed by atoms with Gasteiger partial charge in [-0.2, -0.15) is 5.10 Å². The first-order chi connectivity index (χ1) is 21.0. The number of hydrogen-bond acceptors (Lipinski definition) is 10. The Hall–Kier alpha value is -5.17. The van der Waals surface area contributed by atoms with Crippen LogP contribution in [-0.2, 0) is 16.6 Å². The lowest BCUT2D eigenvalue weighted by Gasteiger charge is -2.19. The summed E-state index contributed by atoms with van der Waals surface area (Å²) in [7, 11) is 0. The fourth-order valence-electron chi connectivity index (χ4n) is 3.96. The molecule has 0 aliphatic rings. The summed E-state index contributed by atoms with van der Waals surface area (Å²) < 4.78 is 11.6. The monoisotopic (exact) mass is 616 g/mol. The van der Waals surface area contributed by atoms with Crippen molar-refractivity contribution in [1.82, 2.24) is 15.6 Å². The predicted molar refractivity (Wildman–Crippen MR) is 168 cm³/mol. The number of nitrogens with zero attached hydrogens (tertiary/aromatic N) is 4. The zero-order valence-corrected chi connectivity index (χ0v) is 25.5. The maximum atomic E-state index is 12.5. The minimum Gasteiger partial charge on any atom is -0.490 e. The second-order valence-corrected chi connectivity index (χ2v) is 11.8. The Kier molecular flexibility index (Phi) is 10.3. The lowest BCUT2D eigenvalue weighted by atomic mass is 9.87. The normalized spacial score (nSPS) is 11.3. The van der Waals surface area contributed by atoms with Crippen molar-refractivity contribution < 1.29 is 24.0 Å². The number of hydrazone groups is 1. The molecule has 0 fully saturated rings. The van der Waals surface area contributed by atoms with Crippen LogP contribution < -0.4 is 20.2 Å². The molecule has 0 saturated carbocycles. The van der Waals surface area contributed by atoms with E-state index in [1.807, 2.05) is 43.3 Å². The third-order valence-corrected chi connectivity index (χ3v) is 7.15. The zero-order chi connectivity index (χ0) is 31.7. The molecule has 4 rings (SSSR count). The molecule has 0 bridgehead atoms. The largest absolute Gasteiger partial charge is 0.490 e. The standard InChI is InChI=1S/C31H32N6O6S/c1-20-7-5-6-8-25(20)29(39)33-30-36-35-28(44-30)18-27(38)34-32-19-21-17-23(37(40)41)11-14-26(21)43-16-15-42-24-12-9-22(10-13-24)31(2,3)4/h5-14,17,19H,15-16,18H2,1-4H3,(H,34,38)(H,33,36,39). The van der Waals surface area contributed by atoms with E-state index in [1.165, 1.54) is 30.0 Å². The number of anilines is 1. The Bertz CT molecular complexity index is 1660. The first-order valence-electron chi connectivity index (χ1n) is 13.7. The molecule has 2 N–H and O–H groups in total. The van der Waals surface area contributed by atoms with Crippen molar-refractivity contribution >= 4 is 40.2 Å². The van der Waals surface area contributed by atoms with E-state index in [1.54, 1.807) is 12.1 Å². The van der Waals surface area contributed by atoms with Gasteiger partial charge in [-0.05, 0) is 47.7 Å². The van der Waals surface area contributed by atoms with E-state index in [-0.39, 0.29) is 41.8 Å². The number of nitro groups is 1. The van der Waals surface area contributed by atoms with Crippen LogP contribution in [-0.4, -0.2) is 46.4 Å². The summed E-state index contributed by atoms with van der Waals surface area (Å²) >= 11 is 1.06. The van der Waals surface area contributed by atoms with Gasteiger partial charge in [0.1, 0.15) is 29.7 Å². The van der Waals surface area contributed by atoms with Gasteiger partial charge < -0.3 is 9.47 Å². The number of aromatic nitrogens is 2. The Balaban J connectivity index is 1.30. The molecule has 228 valence electrons. The van der Waals surface area contributed by atoms with Crippen molar-refractivity contribution in [3.63, 3.8) is 0 Å². The van der Waals surface area contributed by atoms with E-state index in [0.717, 1.165) is 16.9 Å². The smallest absolute Gasteiger partial charge is 0.270 e. The number of nitro benzene ring substituents is 1. The molecular weight excluding hydrogens is 584 g/mol. The molecule has 3 aromatic carbocycles. The van der Waals surface area contributed by atoms with Gasteiger partial charge in [0.2, 0.25) is 11.0 Å². The quantitative estimate of drug-likeness (QED) is 0.0920. The van der Waals surface area contributed by atoms with Crippen LogP contribution in [0.1, 0.15) is 52.8 Å². The third kappa shape index (κ3) is 8.91. The predicted octanol–water partition coefficient (Wildman–Crippen LogP) is 5.46. The van der Waals surface area contributed by atoms with Gasteiger partial charge in [-0.15, -0.1) is 10.2 Å². The van der Waals surface area contributed by atoms with E-state index in [4.69, 9.17) is 9.47 Å². The summed E-state index contributed by atoms with van der Waals surface area (Å²) in [5, 5.41) is 26.4. The summed E-state index contributed by atoms with van der Waals surface area (Å²) in [6.45, 7) is 8.66. The van der Waals surface area contributed by atoms with E-state index >= 15 is 0 Å². The van der Waals surface area contributed by atoms with Crippen molar-refractivity contribution in [3.8, 4) is 11.5 Å². The van der Waals surface area contributed by atoms with Crippen molar-refractivity contribution in [1.29, 1.82) is 0 Å². The number of carbonyl (C=O) groups excluding carboxylic acids is 2. The number of non-ortho nitro benzene ring substituents is 1. The van der Waals surface area contributed by atoms with Crippen molar-refractivity contribution in [2.45, 2.75) is 39.5 Å². The highest BCUT2D eigenvalue weighted by molar-refractivity contribution is 7.15. The molecule has 44 heavy (non-hydrogen) atoms. The van der Waals surface area contributed by atoms with E-state index in [9.17, 15) is 19.7 Å². The Morgan fingerprint density at radius 1 is 1.02 bits per heavy atom. The maximum Gasteiger partial charge on any atom is 0.270 e. The Morgan fingerprint density at radius 3 is 2.45 bits per heavy atom. The summed E-state index contributed by atoms with van der Waals surface area (Å²) in [6, 6.07) is 19.1. The zero-order valence-electron chi connectivity index (χ0n) is 24.7. The van der Waals surface area contributed by atoms with Crippen LogP contribution in [0.3, 0.4) is 0 Å². The van der Waals surface area contributed by atoms with Gasteiger partial charge in [-0.25, -0.2) is 5.43 Å². The minimum atomic E-state index is -0.533. The lowest BCUT2D eigenvalue weighted by Crippen LogP contribution is -2.19. The molecule has 0 aliphatic heterocycles. The molecule has 0 atom stereocenters. The molecule has 0 radical (unpaired) electrons. The number of ether oxygens (including phenoxy) is 2. The maximum absolute atomic E-state index is 12.5. The number of amides is 2. The average molecular weight is 617 g/mol. The number of nitrogens with one attached hydrogen (secondary N) is 2. The van der Waals surface area contributed by atoms with Crippen LogP contribution in [0.4, 0.5) is 10.8 Å². The molecule has 0 unspecified atom stereocenters. The van der Waals surface area contributed by atoms with Gasteiger partial charge in [-0.1, -0.05) is 62.4 Å². The molecule has 2 amide bonds. The first-order valence-corrected chi connectivity index (χ1v) is 14.5. The lowest BCUT2D eigenvalue weighted by molar-refractivity contribution is -0.384. The van der Waals surface area contributed by atoms with Gasteiger partial charge in [-0.3, -0.25) is 25.0 Å². The van der Waals surface area contributed by atoms with Crippen LogP contribution >= 0.6 is 11.3 Å². The molecule has 1 heterocycles. The van der Waals surface area contributed by atoms with Crippen LogP contribution in [0.25, 0.3) is 0 Å². The first kappa shape index (κ1) is 31.8. The molecule has 12 nitrogen and oxygen atoms in total. The SMILES string of the molecule is Cc1ccccc1C(=O)Nc1nnc(CC(=O)NN=Cc2cc([N+](=O)[O-])ccc2OCCOc2ccc(C(C)(C)C)cc2)s1. The van der Waals surface area contributed by atoms with Gasteiger partial charge in [0.05, 0.1) is 17.6 Å². The Labute approximate surface area is 258 Å². The van der Waals surface area contributed by atoms with Crippen LogP contribution in [0.15, 0.2) is 71.8 Å². The minimum absolute atomic E-state index is 0.0393. The van der Waals surface area contributed by atoms with Crippen LogP contribution in [0.5, 0.6) is 11.5 Å². The molecule has 13 heteroatoms. The molecule has 1 aromatic heterocycles. The molecule has 0 aliphatic carbocycles. The van der Waals surface area contributed by atoms with Crippen molar-refractivity contribution in [3.05, 3.63) is 104 Å². The van der Waals surface area contributed by atoms with Crippen LogP contribution in [0.2, 0.25) is 0 Å². The van der Waals surface area contributed by atoms with Gasteiger partial charge >= 0.3 is 0 Å². The number of hydrogen-bond donors (Lipinski definition) is 2. The summed E-state index contributed by atoms with van der Waals surface area (Å²) in [5.41, 5.74) is 5.08. The molecular formula is C31H32N6O6S. The number of aryl methyl sites for hydroxylation is 1. The van der Waals surface area contributed by atoms with Gasteiger partial charge in [0.15, 0.2) is 0 Å². The fourth-order valence-corrected chi connectivity index (χ4v) is 4.70. The summed E-state index contributed by atoms with van der Waals surface area (Å²) in [4.78, 5) is 35.7. The van der Waals surface area contributed by atoms with E-state index < -0.39 is 10.8 Å². The van der Waals surface area contributed by atoms with Crippen LogP contribution in [0, 0.1) is 17.0 Å². The highest BCUT2D eigenvalue weighted by atomic mass is 32.1. The number of rotatable bonds is 12. The Morgan fingerprint density at radius 2 is 1.75 bits per heavy atom. The second-order valence-electron chi connectivity index (χ2n) is 10.7. The topological polar surface area (TPSA) is 158 Å². The number of carbonyl (C=O) groups is 2. The van der Waals surface area contributed by atoms with Gasteiger partial charge in [0, 0.05) is 23.3 Å². The van der Waals surface area contributed by atoms with Crippen molar-refractivity contribution in [2.24, 2.45) is 5.10 Å². The summed E-state index contributed by atoms with van der Waals surface area (Å²) in [5.74, 6) is 0.216. The second kappa shape index (κ2) is 14.3. The average Bonchev–Trinajstić information content (AvgIpc) is 3.41. The van der Waals surface area contributed by atoms with E-state index in [2.05, 4.69) is 46.8 Å². The fraction of sp³-hybridized carbons (Fsp3) is 0.258. The van der Waals surface area contributed by atoms with Gasteiger partial charge in [0.25, 0.3) is 11.6 Å². The molecule has 0 spiro atoms.